The fourth-order valence-corrected chi connectivity index (χ4v) is 5.66. The fraction of sp³-hybridized carbons (Fsp3) is 0.333. The molecule has 1 fully saturated rings. The predicted octanol–water partition coefficient (Wildman–Crippen LogP) is 2.29. The maximum absolute atomic E-state index is 14.6. The summed E-state index contributed by atoms with van der Waals surface area (Å²) >= 11 is 0. The minimum atomic E-state index is -0.638. The number of tetrazole rings is 1. The van der Waals surface area contributed by atoms with E-state index in [0.29, 0.717) is 48.6 Å². The van der Waals surface area contributed by atoms with Crippen molar-refractivity contribution in [1.82, 2.24) is 35.7 Å². The van der Waals surface area contributed by atoms with E-state index >= 15 is 0 Å². The van der Waals surface area contributed by atoms with Gasteiger partial charge in [-0.05, 0) is 69.9 Å². The zero-order valence-corrected chi connectivity index (χ0v) is 25.7. The number of hydrogen-bond acceptors (Lipinski definition) is 9. The molecule has 4 aromatic rings. The number of nitrogens with one attached hydrogen (secondary N) is 2. The van der Waals surface area contributed by atoms with Crippen molar-refractivity contribution in [1.29, 1.82) is 0 Å². The van der Waals surface area contributed by atoms with Crippen LogP contribution >= 0.6 is 0 Å². The van der Waals surface area contributed by atoms with Gasteiger partial charge in [0, 0.05) is 44.1 Å². The summed E-state index contributed by atoms with van der Waals surface area (Å²) in [5, 5.41) is 16.9. The van der Waals surface area contributed by atoms with Gasteiger partial charge in [0.25, 0.3) is 11.8 Å². The molecule has 0 unspecified atom stereocenters. The van der Waals surface area contributed by atoms with Crippen molar-refractivity contribution in [2.75, 3.05) is 26.8 Å². The van der Waals surface area contributed by atoms with Crippen LogP contribution in [0, 0.1) is 5.82 Å². The number of aromatic nitrogens is 4. The Hall–Kier alpha value is -5.53. The third-order valence-electron chi connectivity index (χ3n) is 8.06. The smallest absolute Gasteiger partial charge is 0.258 e. The molecule has 13 nitrogen and oxygen atoms in total. The first-order valence-electron chi connectivity index (χ1n) is 15.2. The Labute approximate surface area is 270 Å². The summed E-state index contributed by atoms with van der Waals surface area (Å²) < 4.78 is 33.7. The van der Waals surface area contributed by atoms with E-state index in [4.69, 9.17) is 14.2 Å². The summed E-state index contributed by atoms with van der Waals surface area (Å²) in [6.45, 7) is 0.750. The number of ether oxygens (including phenoxy) is 3. The summed E-state index contributed by atoms with van der Waals surface area (Å²) in [6, 6.07) is 16.1. The molecule has 1 saturated heterocycles. The number of aryl methyl sites for hydroxylation is 1. The molecule has 2 N–H and O–H groups in total. The largest absolute Gasteiger partial charge is 0.493 e. The van der Waals surface area contributed by atoms with E-state index in [0.717, 1.165) is 11.1 Å². The van der Waals surface area contributed by atoms with Crippen LogP contribution in [0.15, 0.2) is 67.0 Å². The molecule has 1 aromatic heterocycles. The van der Waals surface area contributed by atoms with E-state index in [9.17, 15) is 18.8 Å². The summed E-state index contributed by atoms with van der Waals surface area (Å²) in [7, 11) is 1.50. The van der Waals surface area contributed by atoms with E-state index in [1.807, 2.05) is 18.2 Å². The lowest BCUT2D eigenvalue weighted by molar-refractivity contribution is -0.125. The quantitative estimate of drug-likeness (QED) is 0.342. The zero-order valence-electron chi connectivity index (χ0n) is 25.7. The van der Waals surface area contributed by atoms with Gasteiger partial charge in [-0.2, -0.15) is 0 Å². The minimum absolute atomic E-state index is 0.117. The highest BCUT2D eigenvalue weighted by atomic mass is 19.1. The summed E-state index contributed by atoms with van der Waals surface area (Å²) in [4.78, 5) is 41.1. The van der Waals surface area contributed by atoms with Crippen molar-refractivity contribution in [2.24, 2.45) is 0 Å². The molecule has 47 heavy (non-hydrogen) atoms. The maximum atomic E-state index is 14.6. The van der Waals surface area contributed by atoms with Crippen LogP contribution in [0.25, 0.3) is 0 Å². The summed E-state index contributed by atoms with van der Waals surface area (Å²) in [6.07, 6.45) is 1.93. The third-order valence-corrected chi connectivity index (χ3v) is 8.06. The highest BCUT2D eigenvalue weighted by molar-refractivity contribution is 5.94. The average Bonchev–Trinajstić information content (AvgIpc) is 3.59. The summed E-state index contributed by atoms with van der Waals surface area (Å²) in [5.74, 6) is -0.282. The van der Waals surface area contributed by atoms with E-state index in [1.54, 1.807) is 39.9 Å². The van der Waals surface area contributed by atoms with Gasteiger partial charge in [-0.15, -0.1) is 5.10 Å². The molecule has 0 saturated carbocycles. The summed E-state index contributed by atoms with van der Waals surface area (Å²) in [5.41, 5.74) is 2.77. The van der Waals surface area contributed by atoms with Gasteiger partial charge in [0.15, 0.2) is 18.1 Å². The molecular weight excluding hydrogens is 609 g/mol. The monoisotopic (exact) mass is 643 g/mol. The van der Waals surface area contributed by atoms with Crippen LogP contribution in [-0.4, -0.2) is 81.8 Å². The number of piperidine rings is 1. The van der Waals surface area contributed by atoms with Crippen LogP contribution in [0.4, 0.5) is 4.39 Å². The third kappa shape index (κ3) is 8.01. The molecule has 244 valence electrons. The zero-order chi connectivity index (χ0) is 32.8. The van der Waals surface area contributed by atoms with Crippen LogP contribution in [0.3, 0.4) is 0 Å². The van der Waals surface area contributed by atoms with Gasteiger partial charge in [-0.3, -0.25) is 14.4 Å². The lowest BCUT2D eigenvalue weighted by Gasteiger charge is -2.39. The molecule has 2 atom stereocenters. The second kappa shape index (κ2) is 14.3. The van der Waals surface area contributed by atoms with E-state index in [1.165, 1.54) is 25.6 Å². The first-order chi connectivity index (χ1) is 22.8. The highest BCUT2D eigenvalue weighted by Gasteiger charge is 2.35. The van der Waals surface area contributed by atoms with Gasteiger partial charge >= 0.3 is 0 Å². The van der Waals surface area contributed by atoms with Crippen LogP contribution < -0.4 is 24.8 Å². The van der Waals surface area contributed by atoms with E-state index in [-0.39, 0.29) is 43.7 Å². The number of carbonyl (C=O) groups is 3. The number of carbonyl (C=O) groups excluding carboxylic acids is 3. The van der Waals surface area contributed by atoms with Crippen LogP contribution in [0.5, 0.6) is 17.2 Å². The second-order valence-electron chi connectivity index (χ2n) is 11.4. The van der Waals surface area contributed by atoms with Gasteiger partial charge in [0.05, 0.1) is 19.7 Å². The van der Waals surface area contributed by atoms with Gasteiger partial charge in [0.2, 0.25) is 5.91 Å². The number of rotatable bonds is 4. The Balaban J connectivity index is 1.22. The standard InChI is InChI=1S/C33H34FN7O6/c1-45-29-8-4-21-5-9-31(42)35-16-23-12-25(34)15-26(13-23)47-28-10-11-40(18-27(28)37-32(43)19-46-30(29)14-21)33(44)24-6-2-22(3-7-24)17-41-20-36-38-39-41/h2-4,6-8,12-15,20,27-28H,5,9-11,16-19H2,1H3,(H,35,42)(H,37,43)/t27-,28-/m1/s1. The molecule has 0 spiro atoms. The highest BCUT2D eigenvalue weighted by Crippen LogP contribution is 2.29. The Morgan fingerprint density at radius 1 is 1.04 bits per heavy atom. The number of methoxy groups -OCH3 is 1. The minimum Gasteiger partial charge on any atom is -0.493 e. The van der Waals surface area contributed by atoms with Crippen LogP contribution in [-0.2, 0) is 29.1 Å². The van der Waals surface area contributed by atoms with Crippen molar-refractivity contribution in [3.05, 3.63) is 95.1 Å². The lowest BCUT2D eigenvalue weighted by Crippen LogP contribution is -2.58. The van der Waals surface area contributed by atoms with Crippen molar-refractivity contribution in [3.63, 3.8) is 0 Å². The van der Waals surface area contributed by atoms with Gasteiger partial charge < -0.3 is 29.7 Å². The Morgan fingerprint density at radius 3 is 2.68 bits per heavy atom. The molecule has 6 rings (SSSR count). The first-order valence-corrected chi connectivity index (χ1v) is 15.2. The molecule has 3 aromatic carbocycles. The molecular formula is C33H34FN7O6. The first kappa shape index (κ1) is 31.5. The topological polar surface area (TPSA) is 150 Å². The van der Waals surface area contributed by atoms with Gasteiger partial charge in [-0.1, -0.05) is 18.2 Å². The number of amides is 3. The van der Waals surface area contributed by atoms with E-state index in [2.05, 4.69) is 26.2 Å². The van der Waals surface area contributed by atoms with Crippen molar-refractivity contribution < 1.29 is 33.0 Å². The molecule has 3 amide bonds. The molecule has 2 aliphatic heterocycles. The van der Waals surface area contributed by atoms with E-state index < -0.39 is 23.9 Å². The predicted molar refractivity (Wildman–Crippen MR) is 165 cm³/mol. The Kier molecular flexibility index (Phi) is 9.55. The van der Waals surface area contributed by atoms with Crippen molar-refractivity contribution >= 4 is 17.7 Å². The van der Waals surface area contributed by atoms with Gasteiger partial charge in [0.1, 0.15) is 24.0 Å². The number of halogens is 1. The fourth-order valence-electron chi connectivity index (χ4n) is 5.66. The number of fused-ring (bicyclic) bond motifs is 5. The SMILES string of the molecule is COc1ccc2cc1OCC(=O)N[C@@H]1CN(C(=O)c3ccc(Cn4cnnn4)cc3)CC[C@H]1Oc1cc(F)cc(c1)CNC(=O)CC2. The second-order valence-corrected chi connectivity index (χ2v) is 11.4. The average molecular weight is 644 g/mol. The number of benzene rings is 3. The number of hydrogen-bond donors (Lipinski definition) is 2. The number of likely N-dealkylation sites (tertiary alicyclic amines) is 1. The molecule has 14 heteroatoms. The molecule has 3 heterocycles. The lowest BCUT2D eigenvalue weighted by atomic mass is 10.00. The Morgan fingerprint density at radius 2 is 1.89 bits per heavy atom. The van der Waals surface area contributed by atoms with Crippen LogP contribution in [0.2, 0.25) is 0 Å². The molecule has 0 aliphatic carbocycles. The normalized spacial score (nSPS) is 18.7. The molecule has 4 bridgehead atoms. The van der Waals surface area contributed by atoms with Crippen molar-refractivity contribution in [2.45, 2.75) is 44.5 Å². The van der Waals surface area contributed by atoms with Crippen LogP contribution in [0.1, 0.15) is 39.9 Å². The molecule has 2 aliphatic rings. The molecule has 0 radical (unpaired) electrons. The van der Waals surface area contributed by atoms with Gasteiger partial charge in [-0.25, -0.2) is 9.07 Å². The van der Waals surface area contributed by atoms with Crippen molar-refractivity contribution in [3.8, 4) is 17.2 Å². The maximum Gasteiger partial charge on any atom is 0.258 e. The number of nitrogens with zero attached hydrogens (tertiary/aromatic N) is 5. The Bertz CT molecular complexity index is 1730.